The van der Waals surface area contributed by atoms with Crippen molar-refractivity contribution in [1.29, 1.82) is 0 Å². The van der Waals surface area contributed by atoms with Crippen LogP contribution in [0.15, 0.2) is 48.5 Å². The molecule has 1 heterocycles. The van der Waals surface area contributed by atoms with Crippen molar-refractivity contribution in [1.82, 2.24) is 4.90 Å². The number of carbonyl (C=O) groups excluding carboxylic acids is 2. The molecule has 0 saturated carbocycles. The van der Waals surface area contributed by atoms with Crippen molar-refractivity contribution < 1.29 is 19.1 Å². The van der Waals surface area contributed by atoms with Crippen LogP contribution in [0.25, 0.3) is 0 Å². The standard InChI is InChI=1S/C27H35NO4/c1-2-3-4-5-6-7-8-11-22-14-16-23(17-15-22)32-21-20-31-19-18-28-26(29)24-12-9-10-13-25(24)27(28)30/h9-10,12-17H,2-8,11,18-21H2,1H3. The first-order valence-electron chi connectivity index (χ1n) is 12.0. The molecule has 0 atom stereocenters. The third-order valence-electron chi connectivity index (χ3n) is 5.83. The normalized spacial score (nSPS) is 13.0. The molecular formula is C27H35NO4. The van der Waals surface area contributed by atoms with E-state index in [1.807, 2.05) is 12.1 Å². The Morgan fingerprint density at radius 1 is 0.719 bits per heavy atom. The largest absolute Gasteiger partial charge is 0.491 e. The van der Waals surface area contributed by atoms with E-state index in [-0.39, 0.29) is 18.4 Å². The predicted octanol–water partition coefficient (Wildman–Crippen LogP) is 5.67. The van der Waals surface area contributed by atoms with Gasteiger partial charge in [0.2, 0.25) is 0 Å². The Balaban J connectivity index is 1.25. The van der Waals surface area contributed by atoms with E-state index in [2.05, 4.69) is 19.1 Å². The highest BCUT2D eigenvalue weighted by atomic mass is 16.5. The Labute approximate surface area is 191 Å². The van der Waals surface area contributed by atoms with Crippen LogP contribution in [0.2, 0.25) is 0 Å². The van der Waals surface area contributed by atoms with Gasteiger partial charge in [-0.05, 0) is 42.7 Å². The molecule has 0 aliphatic carbocycles. The van der Waals surface area contributed by atoms with E-state index in [1.165, 1.54) is 55.4 Å². The lowest BCUT2D eigenvalue weighted by Crippen LogP contribution is -2.33. The second-order valence-corrected chi connectivity index (χ2v) is 8.28. The van der Waals surface area contributed by atoms with E-state index in [1.54, 1.807) is 24.3 Å². The number of ether oxygens (including phenoxy) is 2. The second kappa shape index (κ2) is 13.0. The molecule has 2 aromatic carbocycles. The number of aryl methyl sites for hydroxylation is 1. The zero-order valence-corrected chi connectivity index (χ0v) is 19.2. The van der Waals surface area contributed by atoms with Crippen LogP contribution in [-0.4, -0.2) is 43.1 Å². The first-order valence-corrected chi connectivity index (χ1v) is 12.0. The molecule has 0 aromatic heterocycles. The van der Waals surface area contributed by atoms with Crippen LogP contribution in [0, 0.1) is 0 Å². The molecule has 0 fully saturated rings. The summed E-state index contributed by atoms with van der Waals surface area (Å²) in [6.07, 6.45) is 10.4. The lowest BCUT2D eigenvalue weighted by Gasteiger charge is -2.14. The molecule has 0 radical (unpaired) electrons. The highest BCUT2D eigenvalue weighted by Crippen LogP contribution is 2.22. The Morgan fingerprint density at radius 3 is 2.00 bits per heavy atom. The molecule has 0 N–H and O–H groups in total. The van der Waals surface area contributed by atoms with Crippen molar-refractivity contribution in [2.45, 2.75) is 58.3 Å². The van der Waals surface area contributed by atoms with Crippen molar-refractivity contribution >= 4 is 11.8 Å². The summed E-state index contributed by atoms with van der Waals surface area (Å²) in [5.74, 6) is 0.335. The number of nitrogens with zero attached hydrogens (tertiary/aromatic N) is 1. The van der Waals surface area contributed by atoms with Crippen LogP contribution in [0.4, 0.5) is 0 Å². The van der Waals surface area contributed by atoms with Gasteiger partial charge in [-0.2, -0.15) is 0 Å². The van der Waals surface area contributed by atoms with Crippen molar-refractivity contribution in [3.05, 3.63) is 65.2 Å². The van der Waals surface area contributed by atoms with Crippen LogP contribution in [0.3, 0.4) is 0 Å². The van der Waals surface area contributed by atoms with Gasteiger partial charge in [0.25, 0.3) is 11.8 Å². The number of hydrogen-bond acceptors (Lipinski definition) is 4. The average Bonchev–Trinajstić information content (AvgIpc) is 3.06. The van der Waals surface area contributed by atoms with Crippen LogP contribution in [-0.2, 0) is 11.2 Å². The molecule has 32 heavy (non-hydrogen) atoms. The number of unbranched alkanes of at least 4 members (excludes halogenated alkanes) is 6. The molecular weight excluding hydrogens is 402 g/mol. The van der Waals surface area contributed by atoms with E-state index in [9.17, 15) is 9.59 Å². The molecule has 5 heteroatoms. The van der Waals surface area contributed by atoms with E-state index in [0.29, 0.717) is 30.9 Å². The molecule has 1 aliphatic heterocycles. The van der Waals surface area contributed by atoms with E-state index >= 15 is 0 Å². The van der Waals surface area contributed by atoms with Crippen LogP contribution in [0.1, 0.15) is 78.1 Å². The molecule has 0 saturated heterocycles. The smallest absolute Gasteiger partial charge is 0.261 e. The van der Waals surface area contributed by atoms with Gasteiger partial charge in [0.05, 0.1) is 30.9 Å². The van der Waals surface area contributed by atoms with Gasteiger partial charge in [-0.3, -0.25) is 14.5 Å². The minimum atomic E-state index is -0.248. The monoisotopic (exact) mass is 437 g/mol. The van der Waals surface area contributed by atoms with Crippen LogP contribution >= 0.6 is 0 Å². The van der Waals surface area contributed by atoms with Crippen molar-refractivity contribution in [2.24, 2.45) is 0 Å². The molecule has 3 rings (SSSR count). The molecule has 1 aliphatic rings. The van der Waals surface area contributed by atoms with Gasteiger partial charge in [-0.1, -0.05) is 69.7 Å². The maximum Gasteiger partial charge on any atom is 0.261 e. The van der Waals surface area contributed by atoms with Gasteiger partial charge in [0.1, 0.15) is 12.4 Å². The summed E-state index contributed by atoms with van der Waals surface area (Å²) in [6.45, 7) is 3.63. The average molecular weight is 438 g/mol. The summed E-state index contributed by atoms with van der Waals surface area (Å²) >= 11 is 0. The predicted molar refractivity (Wildman–Crippen MR) is 126 cm³/mol. The Kier molecular flexibility index (Phi) is 9.76. The summed E-state index contributed by atoms with van der Waals surface area (Å²) in [6, 6.07) is 15.2. The fourth-order valence-electron chi connectivity index (χ4n) is 3.96. The van der Waals surface area contributed by atoms with Gasteiger partial charge in [-0.25, -0.2) is 0 Å². The summed E-state index contributed by atoms with van der Waals surface area (Å²) in [5, 5.41) is 0. The molecule has 0 bridgehead atoms. The van der Waals surface area contributed by atoms with Crippen LogP contribution < -0.4 is 4.74 Å². The first kappa shape index (κ1) is 24.0. The first-order chi connectivity index (χ1) is 15.7. The van der Waals surface area contributed by atoms with E-state index in [4.69, 9.17) is 9.47 Å². The van der Waals surface area contributed by atoms with Gasteiger partial charge in [0, 0.05) is 0 Å². The van der Waals surface area contributed by atoms with Crippen LogP contribution in [0.5, 0.6) is 5.75 Å². The number of rotatable bonds is 15. The Bertz CT molecular complexity index is 827. The third-order valence-corrected chi connectivity index (χ3v) is 5.83. The summed E-state index contributed by atoms with van der Waals surface area (Å²) in [5.41, 5.74) is 2.29. The van der Waals surface area contributed by atoms with Gasteiger partial charge >= 0.3 is 0 Å². The minimum absolute atomic E-state index is 0.248. The van der Waals surface area contributed by atoms with Crippen molar-refractivity contribution in [3.63, 3.8) is 0 Å². The fraction of sp³-hybridized carbons (Fsp3) is 0.481. The van der Waals surface area contributed by atoms with Gasteiger partial charge in [-0.15, -0.1) is 0 Å². The van der Waals surface area contributed by atoms with Gasteiger partial charge < -0.3 is 9.47 Å². The van der Waals surface area contributed by atoms with E-state index in [0.717, 1.165) is 12.2 Å². The molecule has 0 unspecified atom stereocenters. The van der Waals surface area contributed by atoms with Crippen molar-refractivity contribution in [2.75, 3.05) is 26.4 Å². The molecule has 2 amide bonds. The molecule has 5 nitrogen and oxygen atoms in total. The summed E-state index contributed by atoms with van der Waals surface area (Å²) in [7, 11) is 0. The zero-order chi connectivity index (χ0) is 22.6. The topological polar surface area (TPSA) is 55.8 Å². The number of hydrogen-bond donors (Lipinski definition) is 0. The number of imide groups is 1. The number of benzene rings is 2. The van der Waals surface area contributed by atoms with E-state index < -0.39 is 0 Å². The fourth-order valence-corrected chi connectivity index (χ4v) is 3.96. The summed E-state index contributed by atoms with van der Waals surface area (Å²) < 4.78 is 11.3. The number of amides is 2. The molecule has 172 valence electrons. The zero-order valence-electron chi connectivity index (χ0n) is 19.2. The number of fused-ring (bicyclic) bond motifs is 1. The quantitative estimate of drug-likeness (QED) is 0.266. The molecule has 2 aromatic rings. The second-order valence-electron chi connectivity index (χ2n) is 8.28. The highest BCUT2D eigenvalue weighted by Gasteiger charge is 2.34. The Morgan fingerprint density at radius 2 is 1.34 bits per heavy atom. The summed E-state index contributed by atoms with van der Waals surface area (Å²) in [4.78, 5) is 25.8. The molecule has 0 spiro atoms. The van der Waals surface area contributed by atoms with Crippen molar-refractivity contribution in [3.8, 4) is 5.75 Å². The Hall–Kier alpha value is -2.66. The minimum Gasteiger partial charge on any atom is -0.491 e. The maximum absolute atomic E-state index is 12.3. The lowest BCUT2D eigenvalue weighted by molar-refractivity contribution is 0.0528. The number of carbonyl (C=O) groups is 2. The third kappa shape index (κ3) is 6.92. The maximum atomic E-state index is 12.3. The van der Waals surface area contributed by atoms with Gasteiger partial charge in [0.15, 0.2) is 0 Å². The SMILES string of the molecule is CCCCCCCCCc1ccc(OCCOCCN2C(=O)c3ccccc3C2=O)cc1. The highest BCUT2D eigenvalue weighted by molar-refractivity contribution is 6.21. The lowest BCUT2D eigenvalue weighted by atomic mass is 10.0.